The summed E-state index contributed by atoms with van der Waals surface area (Å²) in [5.41, 5.74) is 0.362. The van der Waals surface area contributed by atoms with Crippen molar-refractivity contribution in [3.8, 4) is 0 Å². The standard InChI is InChI=1S/C17H24BrFO/c1-12(2)13-4-3-8-17(20,9-7-13)11-14-5-6-15(19)10-16(14)18/h5-6,10,12-13,20H,3-4,7-9,11H2,1-2H3. The van der Waals surface area contributed by atoms with Crippen LogP contribution >= 0.6 is 15.9 Å². The summed E-state index contributed by atoms with van der Waals surface area (Å²) < 4.78 is 13.9. The second kappa shape index (κ2) is 6.57. The molecular weight excluding hydrogens is 319 g/mol. The van der Waals surface area contributed by atoms with Crippen molar-refractivity contribution in [2.45, 2.75) is 58.0 Å². The summed E-state index contributed by atoms with van der Waals surface area (Å²) in [5, 5.41) is 10.9. The van der Waals surface area contributed by atoms with E-state index in [4.69, 9.17) is 0 Å². The van der Waals surface area contributed by atoms with E-state index in [1.165, 1.54) is 18.6 Å². The van der Waals surface area contributed by atoms with Gasteiger partial charge in [-0.15, -0.1) is 0 Å². The highest BCUT2D eigenvalue weighted by Gasteiger charge is 2.32. The van der Waals surface area contributed by atoms with Crippen LogP contribution in [0.25, 0.3) is 0 Å². The van der Waals surface area contributed by atoms with Crippen molar-refractivity contribution in [2.75, 3.05) is 0 Å². The predicted octanol–water partition coefficient (Wildman–Crippen LogP) is 5.10. The average molecular weight is 343 g/mol. The van der Waals surface area contributed by atoms with Crippen LogP contribution in [-0.4, -0.2) is 10.7 Å². The van der Waals surface area contributed by atoms with Gasteiger partial charge in [-0.25, -0.2) is 4.39 Å². The number of rotatable bonds is 3. The summed E-state index contributed by atoms with van der Waals surface area (Å²) in [7, 11) is 0. The molecule has 3 heteroatoms. The van der Waals surface area contributed by atoms with E-state index in [-0.39, 0.29) is 5.82 Å². The largest absolute Gasteiger partial charge is 0.390 e. The summed E-state index contributed by atoms with van der Waals surface area (Å²) in [6, 6.07) is 4.73. The second-order valence-electron chi connectivity index (χ2n) is 6.57. The molecule has 20 heavy (non-hydrogen) atoms. The van der Waals surface area contributed by atoms with Crippen molar-refractivity contribution in [3.05, 3.63) is 34.1 Å². The zero-order valence-corrected chi connectivity index (χ0v) is 13.9. The van der Waals surface area contributed by atoms with E-state index < -0.39 is 5.60 Å². The Labute approximate surface area is 129 Å². The Hall–Kier alpha value is -0.410. The molecule has 0 amide bonds. The molecule has 0 saturated heterocycles. The Morgan fingerprint density at radius 2 is 2.10 bits per heavy atom. The molecule has 1 aliphatic carbocycles. The Bertz CT molecular complexity index is 460. The van der Waals surface area contributed by atoms with E-state index in [0.717, 1.165) is 41.6 Å². The fourth-order valence-corrected chi connectivity index (χ4v) is 3.77. The van der Waals surface area contributed by atoms with Crippen LogP contribution in [0.1, 0.15) is 51.5 Å². The summed E-state index contributed by atoms with van der Waals surface area (Å²) in [5.74, 6) is 1.17. The van der Waals surface area contributed by atoms with Crippen molar-refractivity contribution in [3.63, 3.8) is 0 Å². The van der Waals surface area contributed by atoms with Crippen molar-refractivity contribution >= 4 is 15.9 Å². The quantitative estimate of drug-likeness (QED) is 0.757. The normalized spacial score (nSPS) is 27.6. The second-order valence-corrected chi connectivity index (χ2v) is 7.43. The average Bonchev–Trinajstić information content (AvgIpc) is 2.55. The van der Waals surface area contributed by atoms with Gasteiger partial charge in [-0.2, -0.15) is 0 Å². The van der Waals surface area contributed by atoms with Gasteiger partial charge in [-0.1, -0.05) is 48.7 Å². The minimum atomic E-state index is -0.635. The molecule has 2 atom stereocenters. The molecule has 0 aliphatic heterocycles. The molecule has 1 saturated carbocycles. The molecule has 112 valence electrons. The van der Waals surface area contributed by atoms with Crippen LogP contribution in [0.15, 0.2) is 22.7 Å². The first-order chi connectivity index (χ1) is 9.39. The summed E-state index contributed by atoms with van der Waals surface area (Å²) >= 11 is 3.40. The molecule has 2 unspecified atom stereocenters. The van der Waals surface area contributed by atoms with Gasteiger partial charge in [0.1, 0.15) is 5.82 Å². The fourth-order valence-electron chi connectivity index (χ4n) is 3.28. The molecule has 2 rings (SSSR count). The SMILES string of the molecule is CC(C)C1CCCC(O)(Cc2ccc(F)cc2Br)CC1. The van der Waals surface area contributed by atoms with Gasteiger partial charge in [0.15, 0.2) is 0 Å². The first-order valence-corrected chi connectivity index (χ1v) is 8.35. The third-order valence-electron chi connectivity index (χ3n) is 4.67. The predicted molar refractivity (Wildman–Crippen MR) is 84.2 cm³/mol. The lowest BCUT2D eigenvalue weighted by Crippen LogP contribution is -2.31. The zero-order valence-electron chi connectivity index (χ0n) is 12.3. The number of halogens is 2. The van der Waals surface area contributed by atoms with Crippen LogP contribution in [0.5, 0.6) is 0 Å². The van der Waals surface area contributed by atoms with Gasteiger partial charge in [-0.3, -0.25) is 0 Å². The van der Waals surface area contributed by atoms with E-state index >= 15 is 0 Å². The van der Waals surface area contributed by atoms with Crippen LogP contribution in [0.3, 0.4) is 0 Å². The van der Waals surface area contributed by atoms with Gasteiger partial charge in [0.05, 0.1) is 5.60 Å². The summed E-state index contributed by atoms with van der Waals surface area (Å²) in [6.45, 7) is 4.54. The lowest BCUT2D eigenvalue weighted by Gasteiger charge is -2.27. The van der Waals surface area contributed by atoms with E-state index in [1.54, 1.807) is 6.07 Å². The number of aliphatic hydroxyl groups is 1. The topological polar surface area (TPSA) is 20.2 Å². The Morgan fingerprint density at radius 3 is 2.75 bits per heavy atom. The van der Waals surface area contributed by atoms with Gasteiger partial charge in [0, 0.05) is 10.9 Å². The number of benzene rings is 1. The monoisotopic (exact) mass is 342 g/mol. The van der Waals surface area contributed by atoms with Crippen LogP contribution < -0.4 is 0 Å². The fraction of sp³-hybridized carbons (Fsp3) is 0.647. The van der Waals surface area contributed by atoms with Crippen molar-refractivity contribution in [1.29, 1.82) is 0 Å². The van der Waals surface area contributed by atoms with Gasteiger partial charge in [-0.05, 0) is 48.8 Å². The van der Waals surface area contributed by atoms with Gasteiger partial charge in [0.2, 0.25) is 0 Å². The molecule has 1 N–H and O–H groups in total. The van der Waals surface area contributed by atoms with Crippen LogP contribution in [0.4, 0.5) is 4.39 Å². The lowest BCUT2D eigenvalue weighted by atomic mass is 9.85. The molecule has 1 aromatic rings. The molecule has 0 spiro atoms. The van der Waals surface area contributed by atoms with E-state index in [9.17, 15) is 9.50 Å². The first kappa shape index (κ1) is 16.0. The Balaban J connectivity index is 2.07. The molecule has 0 aromatic heterocycles. The molecule has 0 bridgehead atoms. The smallest absolute Gasteiger partial charge is 0.124 e. The van der Waals surface area contributed by atoms with Crippen LogP contribution in [0, 0.1) is 17.7 Å². The highest BCUT2D eigenvalue weighted by atomic mass is 79.9. The summed E-state index contributed by atoms with van der Waals surface area (Å²) in [4.78, 5) is 0. The van der Waals surface area contributed by atoms with Crippen molar-refractivity contribution in [2.24, 2.45) is 11.8 Å². The third kappa shape index (κ3) is 4.05. The van der Waals surface area contributed by atoms with Gasteiger partial charge in [0.25, 0.3) is 0 Å². The minimum Gasteiger partial charge on any atom is -0.390 e. The molecule has 1 fully saturated rings. The van der Waals surface area contributed by atoms with Crippen molar-refractivity contribution in [1.82, 2.24) is 0 Å². The molecule has 1 aliphatic rings. The molecule has 0 radical (unpaired) electrons. The minimum absolute atomic E-state index is 0.242. The zero-order chi connectivity index (χ0) is 14.8. The Morgan fingerprint density at radius 1 is 1.35 bits per heavy atom. The lowest BCUT2D eigenvalue weighted by molar-refractivity contribution is 0.0235. The highest BCUT2D eigenvalue weighted by molar-refractivity contribution is 9.10. The van der Waals surface area contributed by atoms with Gasteiger partial charge < -0.3 is 5.11 Å². The molecule has 0 heterocycles. The van der Waals surface area contributed by atoms with E-state index in [0.29, 0.717) is 12.3 Å². The molecular formula is C17H24BrFO. The van der Waals surface area contributed by atoms with E-state index in [2.05, 4.69) is 29.8 Å². The maximum atomic E-state index is 13.1. The third-order valence-corrected chi connectivity index (χ3v) is 5.41. The van der Waals surface area contributed by atoms with Gasteiger partial charge >= 0.3 is 0 Å². The Kier molecular flexibility index (Phi) is 5.25. The number of hydrogen-bond donors (Lipinski definition) is 1. The van der Waals surface area contributed by atoms with E-state index in [1.807, 2.05) is 0 Å². The maximum absolute atomic E-state index is 13.1. The number of hydrogen-bond acceptors (Lipinski definition) is 1. The maximum Gasteiger partial charge on any atom is 0.124 e. The molecule has 1 nitrogen and oxygen atoms in total. The molecule has 1 aromatic carbocycles. The van der Waals surface area contributed by atoms with Crippen LogP contribution in [0.2, 0.25) is 0 Å². The first-order valence-electron chi connectivity index (χ1n) is 7.56. The summed E-state index contributed by atoms with van der Waals surface area (Å²) in [6.07, 6.45) is 5.69. The van der Waals surface area contributed by atoms with Crippen molar-refractivity contribution < 1.29 is 9.50 Å². The highest BCUT2D eigenvalue weighted by Crippen LogP contribution is 2.36. The van der Waals surface area contributed by atoms with Crippen LogP contribution in [-0.2, 0) is 6.42 Å².